The molecule has 24 heavy (non-hydrogen) atoms. The van der Waals surface area contributed by atoms with E-state index >= 15 is 0 Å². The van der Waals surface area contributed by atoms with E-state index in [1.54, 1.807) is 61.1 Å². The third-order valence-corrected chi connectivity index (χ3v) is 4.09. The Morgan fingerprint density at radius 2 is 1.83 bits per heavy atom. The third kappa shape index (κ3) is 2.65. The van der Waals surface area contributed by atoms with Gasteiger partial charge in [0.15, 0.2) is 5.78 Å². The lowest BCUT2D eigenvalue weighted by Crippen LogP contribution is -2.11. The van der Waals surface area contributed by atoms with Crippen molar-refractivity contribution in [1.82, 2.24) is 4.57 Å². The molecule has 0 unspecified atom stereocenters. The van der Waals surface area contributed by atoms with Crippen LogP contribution in [0.4, 0.5) is 0 Å². The smallest absolute Gasteiger partial charge is 0.323 e. The number of ether oxygens (including phenoxy) is 1. The summed E-state index contributed by atoms with van der Waals surface area (Å²) in [5.41, 5.74) is 2.42. The Kier molecular flexibility index (Phi) is 4.08. The summed E-state index contributed by atoms with van der Waals surface area (Å²) in [6.07, 6.45) is 0. The van der Waals surface area contributed by atoms with Crippen molar-refractivity contribution in [3.05, 3.63) is 65.4 Å². The number of aliphatic carboxylic acids is 1. The van der Waals surface area contributed by atoms with Crippen molar-refractivity contribution in [2.45, 2.75) is 13.5 Å². The minimum absolute atomic E-state index is 0.129. The first-order valence-corrected chi connectivity index (χ1v) is 7.51. The lowest BCUT2D eigenvalue weighted by Gasteiger charge is -2.05. The fourth-order valence-electron chi connectivity index (χ4n) is 2.95. The predicted molar refractivity (Wildman–Crippen MR) is 90.7 cm³/mol. The average Bonchev–Trinajstić information content (AvgIpc) is 2.86. The number of aromatic nitrogens is 1. The van der Waals surface area contributed by atoms with Gasteiger partial charge in [-0.1, -0.05) is 30.3 Å². The molecule has 0 radical (unpaired) electrons. The van der Waals surface area contributed by atoms with E-state index in [0.717, 1.165) is 0 Å². The van der Waals surface area contributed by atoms with E-state index in [4.69, 9.17) is 4.74 Å². The molecule has 0 aliphatic carbocycles. The van der Waals surface area contributed by atoms with Crippen LogP contribution < -0.4 is 4.74 Å². The van der Waals surface area contributed by atoms with E-state index < -0.39 is 5.97 Å². The summed E-state index contributed by atoms with van der Waals surface area (Å²) >= 11 is 0. The first kappa shape index (κ1) is 15.8. The molecule has 122 valence electrons. The van der Waals surface area contributed by atoms with Crippen LogP contribution in [0.5, 0.6) is 5.75 Å². The van der Waals surface area contributed by atoms with Crippen LogP contribution in [0.1, 0.15) is 21.6 Å². The van der Waals surface area contributed by atoms with E-state index in [1.165, 1.54) is 0 Å². The van der Waals surface area contributed by atoms with Crippen LogP contribution in [0.25, 0.3) is 10.9 Å². The van der Waals surface area contributed by atoms with Crippen molar-refractivity contribution in [3.8, 4) is 5.75 Å². The van der Waals surface area contributed by atoms with Gasteiger partial charge in [-0.05, 0) is 25.1 Å². The molecule has 0 fully saturated rings. The summed E-state index contributed by atoms with van der Waals surface area (Å²) in [5.74, 6) is -0.461. The highest BCUT2D eigenvalue weighted by Gasteiger charge is 2.22. The molecule has 1 aromatic heterocycles. The summed E-state index contributed by atoms with van der Waals surface area (Å²) in [4.78, 5) is 24.2. The quantitative estimate of drug-likeness (QED) is 0.732. The number of carbonyl (C=O) groups is 2. The first-order chi connectivity index (χ1) is 11.5. The van der Waals surface area contributed by atoms with Crippen molar-refractivity contribution in [2.75, 3.05) is 7.11 Å². The second-order valence-corrected chi connectivity index (χ2v) is 5.52. The van der Waals surface area contributed by atoms with Gasteiger partial charge in [-0.3, -0.25) is 9.59 Å². The van der Waals surface area contributed by atoms with Gasteiger partial charge in [0.2, 0.25) is 0 Å². The van der Waals surface area contributed by atoms with Gasteiger partial charge in [0.05, 0.1) is 12.7 Å². The van der Waals surface area contributed by atoms with Gasteiger partial charge in [-0.15, -0.1) is 0 Å². The van der Waals surface area contributed by atoms with Gasteiger partial charge in [0, 0.05) is 22.2 Å². The Bertz CT molecular complexity index is 925. The molecule has 3 rings (SSSR count). The van der Waals surface area contributed by atoms with Gasteiger partial charge in [-0.2, -0.15) is 0 Å². The van der Waals surface area contributed by atoms with Crippen LogP contribution in [0, 0.1) is 6.92 Å². The Labute approximate surface area is 139 Å². The van der Waals surface area contributed by atoms with Gasteiger partial charge in [0.1, 0.15) is 12.3 Å². The molecule has 5 nitrogen and oxygen atoms in total. The predicted octanol–water partition coefficient (Wildman–Crippen LogP) is 3.27. The lowest BCUT2D eigenvalue weighted by molar-refractivity contribution is -0.137. The second kappa shape index (κ2) is 6.20. The fraction of sp³-hybridized carbons (Fsp3) is 0.158. The van der Waals surface area contributed by atoms with Gasteiger partial charge < -0.3 is 14.4 Å². The Hall–Kier alpha value is -3.08. The Balaban J connectivity index is 2.27. The molecule has 0 aliphatic heterocycles. The minimum Gasteiger partial charge on any atom is -0.497 e. The zero-order valence-corrected chi connectivity index (χ0v) is 13.4. The van der Waals surface area contributed by atoms with E-state index in [9.17, 15) is 14.7 Å². The zero-order valence-electron chi connectivity index (χ0n) is 13.4. The van der Waals surface area contributed by atoms with E-state index in [1.807, 2.05) is 6.07 Å². The third-order valence-electron chi connectivity index (χ3n) is 4.09. The van der Waals surface area contributed by atoms with Crippen molar-refractivity contribution in [1.29, 1.82) is 0 Å². The fourth-order valence-corrected chi connectivity index (χ4v) is 2.95. The van der Waals surface area contributed by atoms with E-state index in [2.05, 4.69) is 0 Å². The number of nitrogens with zero attached hydrogens (tertiary/aromatic N) is 1. The van der Waals surface area contributed by atoms with Crippen LogP contribution >= 0.6 is 0 Å². The van der Waals surface area contributed by atoms with Gasteiger partial charge in [0.25, 0.3) is 0 Å². The number of hydrogen-bond acceptors (Lipinski definition) is 3. The molecule has 3 aromatic rings. The highest BCUT2D eigenvalue weighted by molar-refractivity contribution is 6.17. The summed E-state index contributed by atoms with van der Waals surface area (Å²) in [6.45, 7) is 1.57. The number of benzene rings is 2. The second-order valence-electron chi connectivity index (χ2n) is 5.52. The molecule has 5 heteroatoms. The minimum atomic E-state index is -0.954. The normalized spacial score (nSPS) is 10.8. The number of hydrogen-bond donors (Lipinski definition) is 1. The van der Waals surface area contributed by atoms with Crippen molar-refractivity contribution >= 4 is 22.7 Å². The van der Waals surface area contributed by atoms with Gasteiger partial charge in [-0.25, -0.2) is 0 Å². The Morgan fingerprint density at radius 3 is 2.46 bits per heavy atom. The topological polar surface area (TPSA) is 68.5 Å². The molecule has 0 amide bonds. The molecule has 0 atom stereocenters. The largest absolute Gasteiger partial charge is 0.497 e. The van der Waals surface area contributed by atoms with E-state index in [0.29, 0.717) is 33.5 Å². The number of methoxy groups -OCH3 is 1. The monoisotopic (exact) mass is 323 g/mol. The molecular weight excluding hydrogens is 306 g/mol. The van der Waals surface area contributed by atoms with E-state index in [-0.39, 0.29) is 12.3 Å². The number of carboxylic acid groups (broad SMARTS) is 1. The van der Waals surface area contributed by atoms with Crippen LogP contribution in [0.3, 0.4) is 0 Å². The Morgan fingerprint density at radius 1 is 1.12 bits per heavy atom. The highest BCUT2D eigenvalue weighted by atomic mass is 16.5. The molecule has 0 saturated heterocycles. The number of carbonyl (C=O) groups excluding carboxylic acids is 1. The molecule has 2 aromatic carbocycles. The molecule has 0 aliphatic rings. The SMILES string of the molecule is COc1ccc2c(c1)c(C(=O)c1ccccc1)c(C)n2CC(=O)O. The molecule has 0 spiro atoms. The summed E-state index contributed by atoms with van der Waals surface area (Å²) < 4.78 is 6.90. The summed E-state index contributed by atoms with van der Waals surface area (Å²) in [6, 6.07) is 14.3. The van der Waals surface area contributed by atoms with Gasteiger partial charge >= 0.3 is 5.97 Å². The van der Waals surface area contributed by atoms with Crippen LogP contribution in [-0.4, -0.2) is 28.5 Å². The molecule has 1 heterocycles. The average molecular weight is 323 g/mol. The first-order valence-electron chi connectivity index (χ1n) is 7.51. The zero-order chi connectivity index (χ0) is 17.3. The molecule has 1 N–H and O–H groups in total. The summed E-state index contributed by atoms with van der Waals surface area (Å²) in [7, 11) is 1.56. The van der Waals surface area contributed by atoms with Crippen molar-refractivity contribution in [3.63, 3.8) is 0 Å². The summed E-state index contributed by atoms with van der Waals surface area (Å²) in [5, 5.41) is 9.88. The van der Waals surface area contributed by atoms with Crippen molar-refractivity contribution in [2.24, 2.45) is 0 Å². The number of fused-ring (bicyclic) bond motifs is 1. The maximum absolute atomic E-state index is 13.0. The highest BCUT2D eigenvalue weighted by Crippen LogP contribution is 2.31. The number of ketones is 1. The molecular formula is C19H17NO4. The molecule has 0 bridgehead atoms. The van der Waals surface area contributed by atoms with Crippen molar-refractivity contribution < 1.29 is 19.4 Å². The van der Waals surface area contributed by atoms with Crippen LogP contribution in [0.15, 0.2) is 48.5 Å². The maximum atomic E-state index is 13.0. The number of carboxylic acids is 1. The standard InChI is InChI=1S/C19H17NO4/c1-12-18(19(23)13-6-4-3-5-7-13)15-10-14(24-2)8-9-16(15)20(12)11-17(21)22/h3-10H,11H2,1-2H3,(H,21,22). The van der Waals surface area contributed by atoms with Crippen LogP contribution in [0.2, 0.25) is 0 Å². The lowest BCUT2D eigenvalue weighted by atomic mass is 10.0. The molecule has 0 saturated carbocycles. The van der Waals surface area contributed by atoms with Crippen LogP contribution in [-0.2, 0) is 11.3 Å². The number of rotatable bonds is 5. The maximum Gasteiger partial charge on any atom is 0.323 e.